The molecule has 0 spiro atoms. The highest BCUT2D eigenvalue weighted by Crippen LogP contribution is 2.16. The zero-order valence-electron chi connectivity index (χ0n) is 12.3. The molecule has 0 aromatic carbocycles. The zero-order valence-corrected chi connectivity index (χ0v) is 12.3. The SMILES string of the molecule is CCOC(=O)NCCC(=O)NCCC[C@H]1CCCCO1. The van der Waals surface area contributed by atoms with E-state index in [1.165, 1.54) is 12.8 Å². The summed E-state index contributed by atoms with van der Waals surface area (Å²) in [6, 6.07) is 0. The molecule has 0 radical (unpaired) electrons. The Bertz CT molecular complexity index is 291. The van der Waals surface area contributed by atoms with Crippen LogP contribution in [-0.4, -0.2) is 44.4 Å². The number of hydrogen-bond donors (Lipinski definition) is 2. The standard InChI is InChI=1S/C14H26N2O4/c1-2-19-14(18)16-10-8-13(17)15-9-5-7-12-6-3-4-11-20-12/h12H,2-11H2,1H3,(H,15,17)(H,16,18)/t12-/m1/s1. The average molecular weight is 286 g/mol. The van der Waals surface area contributed by atoms with E-state index >= 15 is 0 Å². The predicted octanol–water partition coefficient (Wildman–Crippen LogP) is 1.59. The van der Waals surface area contributed by atoms with E-state index in [2.05, 4.69) is 10.6 Å². The molecule has 1 rings (SSSR count). The lowest BCUT2D eigenvalue weighted by Gasteiger charge is -2.22. The molecule has 1 heterocycles. The first kappa shape index (κ1) is 16.8. The highest BCUT2D eigenvalue weighted by atomic mass is 16.5. The molecule has 0 bridgehead atoms. The van der Waals surface area contributed by atoms with E-state index in [0.717, 1.165) is 25.9 Å². The zero-order chi connectivity index (χ0) is 14.6. The number of rotatable bonds is 8. The Morgan fingerprint density at radius 2 is 2.10 bits per heavy atom. The fourth-order valence-electron chi connectivity index (χ4n) is 2.14. The highest BCUT2D eigenvalue weighted by molar-refractivity contribution is 5.76. The van der Waals surface area contributed by atoms with Crippen LogP contribution in [0.5, 0.6) is 0 Å². The molecular formula is C14H26N2O4. The molecule has 1 aliphatic heterocycles. The summed E-state index contributed by atoms with van der Waals surface area (Å²) in [5.41, 5.74) is 0. The molecule has 0 saturated carbocycles. The van der Waals surface area contributed by atoms with Crippen LogP contribution in [-0.2, 0) is 14.3 Å². The smallest absolute Gasteiger partial charge is 0.407 e. The monoisotopic (exact) mass is 286 g/mol. The van der Waals surface area contributed by atoms with Crippen molar-refractivity contribution in [1.82, 2.24) is 10.6 Å². The Morgan fingerprint density at radius 1 is 1.25 bits per heavy atom. The van der Waals surface area contributed by atoms with E-state index in [1.54, 1.807) is 6.92 Å². The maximum Gasteiger partial charge on any atom is 0.407 e. The van der Waals surface area contributed by atoms with Crippen molar-refractivity contribution in [3.63, 3.8) is 0 Å². The van der Waals surface area contributed by atoms with Crippen LogP contribution in [0.3, 0.4) is 0 Å². The summed E-state index contributed by atoms with van der Waals surface area (Å²) in [4.78, 5) is 22.5. The van der Waals surface area contributed by atoms with Crippen LogP contribution < -0.4 is 10.6 Å². The number of carbonyl (C=O) groups excluding carboxylic acids is 2. The second kappa shape index (κ2) is 10.5. The minimum atomic E-state index is -0.477. The van der Waals surface area contributed by atoms with Gasteiger partial charge in [-0.1, -0.05) is 0 Å². The van der Waals surface area contributed by atoms with Crippen molar-refractivity contribution in [2.75, 3.05) is 26.3 Å². The lowest BCUT2D eigenvalue weighted by atomic mass is 10.0. The van der Waals surface area contributed by atoms with Gasteiger partial charge in [0, 0.05) is 26.1 Å². The number of alkyl carbamates (subject to hydrolysis) is 1. The molecule has 116 valence electrons. The van der Waals surface area contributed by atoms with Gasteiger partial charge in [0.15, 0.2) is 0 Å². The molecule has 0 aromatic heterocycles. The third-order valence-corrected chi connectivity index (χ3v) is 3.20. The number of carbonyl (C=O) groups is 2. The molecule has 6 nitrogen and oxygen atoms in total. The Balaban J connectivity index is 1.93. The van der Waals surface area contributed by atoms with Crippen molar-refractivity contribution >= 4 is 12.0 Å². The first-order valence-electron chi connectivity index (χ1n) is 7.51. The predicted molar refractivity (Wildman–Crippen MR) is 75.5 cm³/mol. The molecule has 0 unspecified atom stereocenters. The highest BCUT2D eigenvalue weighted by Gasteiger charge is 2.13. The molecular weight excluding hydrogens is 260 g/mol. The molecule has 1 aliphatic rings. The van der Waals surface area contributed by atoms with Crippen LogP contribution in [0.15, 0.2) is 0 Å². The Kier molecular flexibility index (Phi) is 8.78. The topological polar surface area (TPSA) is 76.7 Å². The van der Waals surface area contributed by atoms with E-state index in [0.29, 0.717) is 25.8 Å². The van der Waals surface area contributed by atoms with Crippen LogP contribution in [0.25, 0.3) is 0 Å². The van der Waals surface area contributed by atoms with Crippen LogP contribution in [0.4, 0.5) is 4.79 Å². The second-order valence-electron chi connectivity index (χ2n) is 4.88. The molecule has 20 heavy (non-hydrogen) atoms. The van der Waals surface area contributed by atoms with Gasteiger partial charge in [0.05, 0.1) is 12.7 Å². The van der Waals surface area contributed by atoms with Crippen molar-refractivity contribution in [1.29, 1.82) is 0 Å². The van der Waals surface area contributed by atoms with Gasteiger partial charge in [-0.3, -0.25) is 4.79 Å². The first-order chi connectivity index (χ1) is 9.72. The van der Waals surface area contributed by atoms with Gasteiger partial charge in [-0.05, 0) is 39.0 Å². The maximum absolute atomic E-state index is 11.5. The second-order valence-corrected chi connectivity index (χ2v) is 4.88. The van der Waals surface area contributed by atoms with E-state index in [9.17, 15) is 9.59 Å². The summed E-state index contributed by atoms with van der Waals surface area (Å²) in [7, 11) is 0. The van der Waals surface area contributed by atoms with Crippen LogP contribution in [0, 0.1) is 0 Å². The largest absolute Gasteiger partial charge is 0.450 e. The average Bonchev–Trinajstić information content (AvgIpc) is 2.45. The molecule has 1 fully saturated rings. The third-order valence-electron chi connectivity index (χ3n) is 3.20. The summed E-state index contributed by atoms with van der Waals surface area (Å²) in [6.45, 7) is 3.91. The van der Waals surface area contributed by atoms with Gasteiger partial charge in [0.25, 0.3) is 0 Å². The number of nitrogens with one attached hydrogen (secondary N) is 2. The van der Waals surface area contributed by atoms with E-state index in [4.69, 9.17) is 9.47 Å². The van der Waals surface area contributed by atoms with Gasteiger partial charge in [-0.2, -0.15) is 0 Å². The minimum absolute atomic E-state index is 0.0497. The van der Waals surface area contributed by atoms with Crippen molar-refractivity contribution < 1.29 is 19.1 Å². The van der Waals surface area contributed by atoms with Gasteiger partial charge >= 0.3 is 6.09 Å². The first-order valence-corrected chi connectivity index (χ1v) is 7.51. The Hall–Kier alpha value is -1.30. The van der Waals surface area contributed by atoms with E-state index in [-0.39, 0.29) is 12.3 Å². The molecule has 2 amide bonds. The summed E-state index contributed by atoms with van der Waals surface area (Å²) >= 11 is 0. The fourth-order valence-corrected chi connectivity index (χ4v) is 2.14. The molecule has 2 N–H and O–H groups in total. The normalized spacial score (nSPS) is 18.4. The summed E-state index contributed by atoms with van der Waals surface area (Å²) in [6.07, 6.45) is 5.65. The maximum atomic E-state index is 11.5. The van der Waals surface area contributed by atoms with Gasteiger partial charge in [-0.15, -0.1) is 0 Å². The Morgan fingerprint density at radius 3 is 2.80 bits per heavy atom. The summed E-state index contributed by atoms with van der Waals surface area (Å²) < 4.78 is 10.3. The quantitative estimate of drug-likeness (QED) is 0.664. The molecule has 6 heteroatoms. The Labute approximate surface area is 120 Å². The van der Waals surface area contributed by atoms with Crippen molar-refractivity contribution in [2.24, 2.45) is 0 Å². The van der Waals surface area contributed by atoms with Gasteiger partial charge in [0.2, 0.25) is 5.91 Å². The molecule has 1 saturated heterocycles. The summed E-state index contributed by atoms with van der Waals surface area (Å²) in [5, 5.41) is 5.36. The van der Waals surface area contributed by atoms with E-state index in [1.807, 2.05) is 0 Å². The summed E-state index contributed by atoms with van der Waals surface area (Å²) in [5.74, 6) is -0.0497. The van der Waals surface area contributed by atoms with Gasteiger partial charge in [-0.25, -0.2) is 4.79 Å². The van der Waals surface area contributed by atoms with Crippen molar-refractivity contribution in [2.45, 2.75) is 51.6 Å². The molecule has 1 atom stereocenters. The fraction of sp³-hybridized carbons (Fsp3) is 0.857. The minimum Gasteiger partial charge on any atom is -0.450 e. The van der Waals surface area contributed by atoms with E-state index < -0.39 is 6.09 Å². The van der Waals surface area contributed by atoms with Gasteiger partial charge < -0.3 is 20.1 Å². The van der Waals surface area contributed by atoms with Crippen LogP contribution >= 0.6 is 0 Å². The lowest BCUT2D eigenvalue weighted by Crippen LogP contribution is -2.31. The molecule has 0 aliphatic carbocycles. The van der Waals surface area contributed by atoms with Crippen molar-refractivity contribution in [3.8, 4) is 0 Å². The number of hydrogen-bond acceptors (Lipinski definition) is 4. The van der Waals surface area contributed by atoms with Gasteiger partial charge in [0.1, 0.15) is 0 Å². The van der Waals surface area contributed by atoms with Crippen LogP contribution in [0.1, 0.15) is 45.4 Å². The lowest BCUT2D eigenvalue weighted by molar-refractivity contribution is -0.121. The third kappa shape index (κ3) is 7.99. The number of ether oxygens (including phenoxy) is 2. The number of amides is 2. The van der Waals surface area contributed by atoms with Crippen LogP contribution in [0.2, 0.25) is 0 Å². The molecule has 0 aromatic rings. The van der Waals surface area contributed by atoms with Crippen molar-refractivity contribution in [3.05, 3.63) is 0 Å².